The van der Waals surface area contributed by atoms with Gasteiger partial charge < -0.3 is 34.8 Å². The number of halogens is 2. The van der Waals surface area contributed by atoms with Gasteiger partial charge >= 0.3 is 5.97 Å². The molecule has 2 fully saturated rings. The number of nitrogens with zero attached hydrogens (tertiary/aromatic N) is 14. The first-order valence-electron chi connectivity index (χ1n) is 18.4. The zero-order valence-electron chi connectivity index (χ0n) is 31.1. The second-order valence-electron chi connectivity index (χ2n) is 13.5. The van der Waals surface area contributed by atoms with E-state index >= 15 is 0 Å². The molecule has 0 bridgehead atoms. The Labute approximate surface area is 340 Å². The quantitative estimate of drug-likeness (QED) is 0.210. The van der Waals surface area contributed by atoms with E-state index in [1.165, 1.54) is 35.3 Å². The predicted octanol–water partition coefficient (Wildman–Crippen LogP) is 3.47. The number of hydrogen-bond donors (Lipinski definition) is 3. The Morgan fingerprint density at radius 1 is 0.667 bits per heavy atom. The third-order valence-corrected chi connectivity index (χ3v) is 9.51. The van der Waals surface area contributed by atoms with Crippen LogP contribution in [0.25, 0.3) is 22.7 Å². The molecule has 60 heavy (non-hydrogen) atoms. The summed E-state index contributed by atoms with van der Waals surface area (Å²) in [6.07, 6.45) is 18.9. The number of carboxylic acid groups (broad SMARTS) is 1. The first kappa shape index (κ1) is 40.5. The van der Waals surface area contributed by atoms with E-state index < -0.39 is 17.6 Å². The van der Waals surface area contributed by atoms with Crippen molar-refractivity contribution in [2.24, 2.45) is 5.73 Å². The maximum absolute atomic E-state index is 13.9. The molecule has 2 aromatic carbocycles. The van der Waals surface area contributed by atoms with Crippen LogP contribution >= 0.6 is 0 Å². The molecule has 6 aromatic heterocycles. The van der Waals surface area contributed by atoms with Crippen LogP contribution < -0.4 is 20.9 Å². The van der Waals surface area contributed by atoms with Gasteiger partial charge in [0, 0.05) is 87.8 Å². The number of imidazole rings is 2. The van der Waals surface area contributed by atoms with E-state index in [4.69, 9.17) is 10.8 Å². The van der Waals surface area contributed by atoms with Crippen molar-refractivity contribution >= 4 is 34.8 Å². The summed E-state index contributed by atoms with van der Waals surface area (Å²) in [7, 11) is 0. The van der Waals surface area contributed by atoms with Gasteiger partial charge in [-0.1, -0.05) is 31.7 Å². The van der Waals surface area contributed by atoms with Crippen LogP contribution in [0.2, 0.25) is 0 Å². The first-order chi connectivity index (χ1) is 28.7. The minimum absolute atomic E-state index is 0. The monoisotopic (exact) mass is 818 g/mol. The fraction of sp³-hybridized carbons (Fsp3) is 0.231. The van der Waals surface area contributed by atoms with Gasteiger partial charge in [0.2, 0.25) is 5.82 Å². The molecule has 0 radical (unpaired) electrons. The summed E-state index contributed by atoms with van der Waals surface area (Å²) < 4.78 is 33.4. The Morgan fingerprint density at radius 2 is 1.15 bits per heavy atom. The van der Waals surface area contributed by atoms with E-state index in [0.717, 1.165) is 66.4 Å². The van der Waals surface area contributed by atoms with Crippen molar-refractivity contribution in [1.82, 2.24) is 63.6 Å². The zero-order valence-corrected chi connectivity index (χ0v) is 31.1. The van der Waals surface area contributed by atoms with Crippen LogP contribution in [0, 0.1) is 11.6 Å². The molecule has 0 aliphatic carbocycles. The summed E-state index contributed by atoms with van der Waals surface area (Å²) in [5.74, 6) is -1.19. The second-order valence-corrected chi connectivity index (χ2v) is 13.5. The van der Waals surface area contributed by atoms with E-state index in [-0.39, 0.29) is 48.4 Å². The molecule has 0 spiro atoms. The first-order valence-corrected chi connectivity index (χ1v) is 18.4. The van der Waals surface area contributed by atoms with Crippen LogP contribution in [0.15, 0.2) is 111 Å². The third-order valence-electron chi connectivity index (χ3n) is 9.51. The highest BCUT2D eigenvalue weighted by atomic mass is 19.1. The number of carboxylic acids is 1. The predicted molar refractivity (Wildman–Crippen MR) is 215 cm³/mol. The lowest BCUT2D eigenvalue weighted by Crippen LogP contribution is -2.37. The average molecular weight is 819 g/mol. The van der Waals surface area contributed by atoms with Crippen LogP contribution in [0.5, 0.6) is 0 Å². The van der Waals surface area contributed by atoms with Gasteiger partial charge in [-0.25, -0.2) is 52.8 Å². The smallest absolute Gasteiger partial charge is 0.375 e. The number of rotatable bonds is 7. The molecular weight excluding hydrogens is 779 g/mol. The largest absolute Gasteiger partial charge is 0.475 e. The highest BCUT2D eigenvalue weighted by Gasteiger charge is 2.28. The van der Waals surface area contributed by atoms with Crippen LogP contribution in [0.3, 0.4) is 0 Å². The van der Waals surface area contributed by atoms with Crippen molar-refractivity contribution < 1.29 is 23.5 Å². The Kier molecular flexibility index (Phi) is 12.1. The van der Waals surface area contributed by atoms with Crippen LogP contribution in [0.1, 0.15) is 41.5 Å². The molecule has 19 nitrogen and oxygen atoms in total. The maximum Gasteiger partial charge on any atom is 0.375 e. The summed E-state index contributed by atoms with van der Waals surface area (Å²) >= 11 is 0. The summed E-state index contributed by atoms with van der Waals surface area (Å²) in [6, 6.07) is 12.3. The van der Waals surface area contributed by atoms with Gasteiger partial charge in [0.15, 0.2) is 22.9 Å². The van der Waals surface area contributed by atoms with Gasteiger partial charge in [0.05, 0.1) is 0 Å². The van der Waals surface area contributed by atoms with E-state index in [1.807, 2.05) is 33.6 Å². The normalized spacial score (nSPS) is 15.8. The summed E-state index contributed by atoms with van der Waals surface area (Å²) in [5, 5.41) is 19.2. The zero-order chi connectivity index (χ0) is 40.9. The topological polar surface area (TPSA) is 221 Å². The number of fused-ring (bicyclic) bond motifs is 2. The minimum Gasteiger partial charge on any atom is -0.475 e. The average Bonchev–Trinajstić information content (AvgIpc) is 4.10. The molecule has 1 amide bonds. The van der Waals surface area contributed by atoms with Crippen molar-refractivity contribution in [2.45, 2.75) is 32.4 Å². The Balaban J connectivity index is 0.000000148. The molecule has 2 aliphatic rings. The maximum atomic E-state index is 13.9. The minimum atomic E-state index is -1.25. The number of hydrogen-bond acceptors (Lipinski definition) is 13. The van der Waals surface area contributed by atoms with Crippen molar-refractivity contribution in [3.05, 3.63) is 134 Å². The molecule has 2 atom stereocenters. The fourth-order valence-corrected chi connectivity index (χ4v) is 6.66. The molecule has 21 heteroatoms. The Morgan fingerprint density at radius 3 is 1.65 bits per heavy atom. The molecule has 8 heterocycles. The number of para-hydroxylation sites is 2. The van der Waals surface area contributed by atoms with Gasteiger partial charge in [-0.05, 0) is 37.1 Å². The van der Waals surface area contributed by atoms with Crippen molar-refractivity contribution in [3.63, 3.8) is 0 Å². The number of amides is 1. The fourth-order valence-electron chi connectivity index (χ4n) is 6.66. The highest BCUT2D eigenvalue weighted by Crippen LogP contribution is 2.23. The molecule has 8 aromatic rings. The molecule has 4 N–H and O–H groups in total. The second kappa shape index (κ2) is 17.9. The SMILES string of the molecule is C.N[C@H]1CCN(c2nccn3ccnc23)C1.O=C(N[C@H]1CCN(c2nccn3ccnc23)C1)c1ncn(-c2ccccc2F)n1.O=C(O)c1ncn(-c2ccccc2F)n1. The number of aromatic nitrogens is 12. The number of aromatic carboxylic acids is 1. The van der Waals surface area contributed by atoms with Gasteiger partial charge in [0.1, 0.15) is 35.7 Å². The molecule has 10 rings (SSSR count). The lowest BCUT2D eigenvalue weighted by molar-refractivity contribution is 0.0683. The van der Waals surface area contributed by atoms with Crippen molar-refractivity contribution in [1.29, 1.82) is 0 Å². The molecule has 2 aliphatic heterocycles. The molecule has 2 saturated heterocycles. The lowest BCUT2D eigenvalue weighted by Gasteiger charge is -2.18. The Bertz CT molecular complexity index is 2730. The molecule has 308 valence electrons. The van der Waals surface area contributed by atoms with E-state index in [1.54, 1.807) is 49.1 Å². The van der Waals surface area contributed by atoms with E-state index in [2.05, 4.69) is 55.2 Å². The van der Waals surface area contributed by atoms with Crippen LogP contribution in [-0.4, -0.2) is 114 Å². The van der Waals surface area contributed by atoms with Gasteiger partial charge in [-0.15, -0.1) is 10.2 Å². The van der Waals surface area contributed by atoms with E-state index in [0.29, 0.717) is 6.54 Å². The number of nitrogens with one attached hydrogen (secondary N) is 1. The summed E-state index contributed by atoms with van der Waals surface area (Å²) in [4.78, 5) is 52.4. The Hall–Kier alpha value is -7.68. The van der Waals surface area contributed by atoms with Crippen LogP contribution in [0.4, 0.5) is 20.4 Å². The number of benzene rings is 2. The summed E-state index contributed by atoms with van der Waals surface area (Å²) in [5.41, 5.74) is 7.98. The standard InChI is InChI=1S/C19H17FN8O.C10H13N5.C9H6FN3O2.CH4/c20-14-3-1-2-4-15(14)28-12-23-16(25-28)19(29)24-13-5-8-27(11-13)18-17-21-6-9-26(17)10-7-22-18;11-8-1-4-15(7-8)10-9-12-2-5-14(9)6-3-13-10;10-6-3-1-2-4-7(6)13-5-11-8(12-13)9(14)15;/h1-4,6-7,9-10,12-13H,5,8,11H2,(H,24,29);2-3,5-6,8H,1,4,7,11H2;1-5H,(H,14,15);1H4/t13-;8-;;/m00../s1. The van der Waals surface area contributed by atoms with Crippen LogP contribution in [-0.2, 0) is 0 Å². The molecular formula is C39H40F2N16O3. The lowest BCUT2D eigenvalue weighted by atomic mass is 10.2. The number of anilines is 2. The van der Waals surface area contributed by atoms with Crippen molar-refractivity contribution in [3.8, 4) is 11.4 Å². The third kappa shape index (κ3) is 8.74. The summed E-state index contributed by atoms with van der Waals surface area (Å²) in [6.45, 7) is 3.21. The van der Waals surface area contributed by atoms with Crippen molar-refractivity contribution in [2.75, 3.05) is 36.0 Å². The number of carbonyl (C=O) groups is 2. The molecule has 0 unspecified atom stereocenters. The highest BCUT2D eigenvalue weighted by molar-refractivity contribution is 5.90. The molecule has 0 saturated carbocycles. The number of carbonyl (C=O) groups excluding carboxylic acids is 1. The number of nitrogens with two attached hydrogens (primary N) is 1. The van der Waals surface area contributed by atoms with Gasteiger partial charge in [-0.3, -0.25) is 4.79 Å². The van der Waals surface area contributed by atoms with Gasteiger partial charge in [-0.2, -0.15) is 0 Å². The van der Waals surface area contributed by atoms with Gasteiger partial charge in [0.25, 0.3) is 11.7 Å². The van der Waals surface area contributed by atoms with E-state index in [9.17, 15) is 18.4 Å².